The molecule has 1 unspecified atom stereocenters. The van der Waals surface area contributed by atoms with Crippen molar-refractivity contribution in [1.82, 2.24) is 4.90 Å². The first kappa shape index (κ1) is 19.3. The minimum Gasteiger partial charge on any atom is -0.338 e. The van der Waals surface area contributed by atoms with E-state index in [1.165, 1.54) is 11.1 Å². The summed E-state index contributed by atoms with van der Waals surface area (Å²) in [5, 5.41) is 0. The summed E-state index contributed by atoms with van der Waals surface area (Å²) < 4.78 is 23.5. The number of hydrogen-bond donors (Lipinski definition) is 0. The Morgan fingerprint density at radius 1 is 1.29 bits per heavy atom. The quantitative estimate of drug-likeness (QED) is 0.707. The molecule has 1 aromatic rings. The van der Waals surface area contributed by atoms with Gasteiger partial charge in [-0.05, 0) is 25.3 Å². The second-order valence-electron chi connectivity index (χ2n) is 6.48. The molecule has 0 radical (unpaired) electrons. The summed E-state index contributed by atoms with van der Waals surface area (Å²) in [5.41, 5.74) is 2.44. The van der Waals surface area contributed by atoms with Crippen LogP contribution in [0.5, 0.6) is 0 Å². The normalized spacial score (nSPS) is 19.3. The van der Waals surface area contributed by atoms with Gasteiger partial charge in [0.25, 0.3) is 0 Å². The maximum Gasteiger partial charge on any atom is 0.232 e. The lowest BCUT2D eigenvalue weighted by atomic mass is 10.2. The van der Waals surface area contributed by atoms with Crippen LogP contribution in [0.1, 0.15) is 37.3 Å². The molecule has 0 N–H and O–H groups in total. The van der Waals surface area contributed by atoms with Crippen LogP contribution in [-0.2, 0) is 20.4 Å². The molecule has 0 aliphatic carbocycles. The monoisotopic (exact) mass is 369 g/mol. The Hall–Kier alpha value is -1.01. The molecule has 1 amide bonds. The number of benzene rings is 1. The molecule has 24 heavy (non-hydrogen) atoms. The second kappa shape index (κ2) is 8.90. The van der Waals surface area contributed by atoms with E-state index in [4.69, 9.17) is 0 Å². The second-order valence-corrected chi connectivity index (χ2v) is 9.69. The van der Waals surface area contributed by atoms with Crippen LogP contribution in [0.4, 0.5) is 0 Å². The number of carbonyl (C=O) groups excluding carboxylic acids is 1. The molecule has 2 rings (SSSR count). The van der Waals surface area contributed by atoms with Crippen LogP contribution in [0.25, 0.3) is 0 Å². The molecule has 1 heterocycles. The van der Waals surface area contributed by atoms with Crippen LogP contribution in [0.3, 0.4) is 0 Å². The van der Waals surface area contributed by atoms with Gasteiger partial charge in [0, 0.05) is 18.3 Å². The molecular weight excluding hydrogens is 342 g/mol. The molecule has 1 aliphatic heterocycles. The van der Waals surface area contributed by atoms with E-state index in [1.807, 2.05) is 4.90 Å². The SMILES string of the molecule is CCCCN(C(=O)CSCc1ccc(C)cc1)C1CCS(=O)(=O)C1. The number of unbranched alkanes of at least 4 members (excludes halogenated alkanes) is 1. The van der Waals surface area contributed by atoms with Crippen LogP contribution in [0.2, 0.25) is 0 Å². The Balaban J connectivity index is 1.88. The largest absolute Gasteiger partial charge is 0.338 e. The Labute approximate surface area is 149 Å². The lowest BCUT2D eigenvalue weighted by molar-refractivity contribution is -0.130. The van der Waals surface area contributed by atoms with Gasteiger partial charge in [0.15, 0.2) is 9.84 Å². The Bertz CT molecular complexity index is 641. The fraction of sp³-hybridized carbons (Fsp3) is 0.611. The van der Waals surface area contributed by atoms with Gasteiger partial charge in [-0.15, -0.1) is 11.8 Å². The van der Waals surface area contributed by atoms with Gasteiger partial charge in [0.05, 0.1) is 17.3 Å². The van der Waals surface area contributed by atoms with Gasteiger partial charge in [0.2, 0.25) is 5.91 Å². The van der Waals surface area contributed by atoms with Crippen molar-refractivity contribution in [1.29, 1.82) is 0 Å². The number of rotatable bonds is 8. The highest BCUT2D eigenvalue weighted by molar-refractivity contribution is 7.99. The molecule has 1 aromatic carbocycles. The lowest BCUT2D eigenvalue weighted by Crippen LogP contribution is -2.42. The van der Waals surface area contributed by atoms with E-state index in [1.54, 1.807) is 11.8 Å². The fourth-order valence-corrected chi connectivity index (χ4v) is 5.49. The van der Waals surface area contributed by atoms with Crippen molar-refractivity contribution in [2.24, 2.45) is 0 Å². The first-order valence-electron chi connectivity index (χ1n) is 8.54. The summed E-state index contributed by atoms with van der Waals surface area (Å²) in [6.07, 6.45) is 2.51. The van der Waals surface area contributed by atoms with E-state index >= 15 is 0 Å². The van der Waals surface area contributed by atoms with Crippen molar-refractivity contribution in [3.05, 3.63) is 35.4 Å². The smallest absolute Gasteiger partial charge is 0.232 e. The summed E-state index contributed by atoms with van der Waals surface area (Å²) in [5.74, 6) is 1.63. The zero-order valence-electron chi connectivity index (χ0n) is 14.5. The van der Waals surface area contributed by atoms with Gasteiger partial charge in [-0.1, -0.05) is 43.2 Å². The van der Waals surface area contributed by atoms with Crippen LogP contribution >= 0.6 is 11.8 Å². The maximum atomic E-state index is 12.6. The third-order valence-corrected chi connectivity index (χ3v) is 7.08. The zero-order valence-corrected chi connectivity index (χ0v) is 16.2. The predicted octanol–water partition coefficient (Wildman–Crippen LogP) is 3.04. The first-order chi connectivity index (χ1) is 11.4. The number of amides is 1. The third-order valence-electron chi connectivity index (χ3n) is 4.34. The van der Waals surface area contributed by atoms with Gasteiger partial charge < -0.3 is 4.90 Å². The first-order valence-corrected chi connectivity index (χ1v) is 11.5. The van der Waals surface area contributed by atoms with Gasteiger partial charge in [-0.3, -0.25) is 4.79 Å². The molecule has 1 fully saturated rings. The Morgan fingerprint density at radius 3 is 2.58 bits per heavy atom. The molecule has 0 bridgehead atoms. The number of hydrogen-bond acceptors (Lipinski definition) is 4. The molecule has 4 nitrogen and oxygen atoms in total. The highest BCUT2D eigenvalue weighted by Crippen LogP contribution is 2.21. The van der Waals surface area contributed by atoms with E-state index in [0.29, 0.717) is 18.7 Å². The average Bonchev–Trinajstić information content (AvgIpc) is 2.89. The van der Waals surface area contributed by atoms with E-state index in [2.05, 4.69) is 38.1 Å². The summed E-state index contributed by atoms with van der Waals surface area (Å²) >= 11 is 1.60. The minimum absolute atomic E-state index is 0.0719. The highest BCUT2D eigenvalue weighted by Gasteiger charge is 2.34. The molecule has 0 spiro atoms. The third kappa shape index (κ3) is 5.81. The zero-order chi connectivity index (χ0) is 17.6. The van der Waals surface area contributed by atoms with Crippen LogP contribution < -0.4 is 0 Å². The van der Waals surface area contributed by atoms with Crippen LogP contribution in [0, 0.1) is 6.92 Å². The fourth-order valence-electron chi connectivity index (χ4n) is 2.88. The summed E-state index contributed by atoms with van der Waals surface area (Å²) in [6, 6.07) is 8.20. The molecule has 1 atom stereocenters. The van der Waals surface area contributed by atoms with Crippen molar-refractivity contribution in [2.75, 3.05) is 23.8 Å². The van der Waals surface area contributed by atoms with Crippen molar-refractivity contribution in [3.8, 4) is 0 Å². The van der Waals surface area contributed by atoms with E-state index in [0.717, 1.165) is 18.6 Å². The molecule has 0 saturated carbocycles. The molecule has 134 valence electrons. The summed E-state index contributed by atoms with van der Waals surface area (Å²) in [7, 11) is -2.97. The summed E-state index contributed by atoms with van der Waals surface area (Å²) in [4.78, 5) is 14.4. The van der Waals surface area contributed by atoms with E-state index < -0.39 is 9.84 Å². The van der Waals surface area contributed by atoms with Crippen LogP contribution in [0.15, 0.2) is 24.3 Å². The van der Waals surface area contributed by atoms with Gasteiger partial charge in [-0.2, -0.15) is 0 Å². The molecule has 1 saturated heterocycles. The summed E-state index contributed by atoms with van der Waals surface area (Å²) in [6.45, 7) is 4.81. The Morgan fingerprint density at radius 2 is 2.00 bits per heavy atom. The predicted molar refractivity (Wildman–Crippen MR) is 101 cm³/mol. The molecule has 6 heteroatoms. The topological polar surface area (TPSA) is 54.5 Å². The van der Waals surface area contributed by atoms with E-state index in [9.17, 15) is 13.2 Å². The number of nitrogens with zero attached hydrogens (tertiary/aromatic N) is 1. The number of aryl methyl sites for hydroxylation is 1. The minimum atomic E-state index is -2.97. The van der Waals surface area contributed by atoms with E-state index in [-0.39, 0.29) is 23.5 Å². The van der Waals surface area contributed by atoms with Crippen molar-refractivity contribution >= 4 is 27.5 Å². The highest BCUT2D eigenvalue weighted by atomic mass is 32.2. The average molecular weight is 370 g/mol. The van der Waals surface area contributed by atoms with Gasteiger partial charge >= 0.3 is 0 Å². The van der Waals surface area contributed by atoms with Crippen molar-refractivity contribution in [2.45, 2.75) is 44.9 Å². The number of sulfone groups is 1. The molecule has 0 aromatic heterocycles. The molecular formula is C18H27NO3S2. The van der Waals surface area contributed by atoms with Crippen molar-refractivity contribution in [3.63, 3.8) is 0 Å². The van der Waals surface area contributed by atoms with Gasteiger partial charge in [-0.25, -0.2) is 8.42 Å². The Kier molecular flexibility index (Phi) is 7.16. The number of thioether (sulfide) groups is 1. The van der Waals surface area contributed by atoms with Crippen molar-refractivity contribution < 1.29 is 13.2 Å². The maximum absolute atomic E-state index is 12.6. The molecule has 1 aliphatic rings. The lowest BCUT2D eigenvalue weighted by Gasteiger charge is -2.28. The standard InChI is InChI=1S/C18H27NO3S2/c1-3-4-10-19(17-9-11-24(21,22)14-17)18(20)13-23-12-16-7-5-15(2)6-8-16/h5-8,17H,3-4,9-14H2,1-2H3. The van der Waals surface area contributed by atoms with Crippen LogP contribution in [-0.4, -0.2) is 49.1 Å². The van der Waals surface area contributed by atoms with Gasteiger partial charge in [0.1, 0.15) is 0 Å². The number of carbonyl (C=O) groups is 1.